The van der Waals surface area contributed by atoms with Crippen LogP contribution in [-0.2, 0) is 4.79 Å². The van der Waals surface area contributed by atoms with Crippen LogP contribution in [0.5, 0.6) is 11.5 Å². The van der Waals surface area contributed by atoms with Gasteiger partial charge in [0.25, 0.3) is 0 Å². The van der Waals surface area contributed by atoms with Crippen LogP contribution in [0, 0.1) is 5.92 Å². The highest BCUT2D eigenvalue weighted by Gasteiger charge is 2.30. The molecule has 1 heterocycles. The first-order valence-electron chi connectivity index (χ1n) is 6.44. The summed E-state index contributed by atoms with van der Waals surface area (Å²) < 4.78 is 11.0. The zero-order valence-electron chi connectivity index (χ0n) is 10.4. The Morgan fingerprint density at radius 2 is 2.00 bits per heavy atom. The van der Waals surface area contributed by atoms with Crippen molar-refractivity contribution in [1.29, 1.82) is 0 Å². The molecule has 1 aliphatic carbocycles. The third-order valence-electron chi connectivity index (χ3n) is 3.37. The van der Waals surface area contributed by atoms with Crippen LogP contribution < -0.4 is 14.8 Å². The molecule has 18 heavy (non-hydrogen) atoms. The minimum atomic E-state index is 0.00827. The van der Waals surface area contributed by atoms with Gasteiger partial charge in [-0.25, -0.2) is 0 Å². The maximum Gasteiger partial charge on any atom is 0.223 e. The van der Waals surface area contributed by atoms with Gasteiger partial charge < -0.3 is 14.8 Å². The Morgan fingerprint density at radius 3 is 2.72 bits per heavy atom. The fourth-order valence-electron chi connectivity index (χ4n) is 2.09. The van der Waals surface area contributed by atoms with Crippen LogP contribution in [0.3, 0.4) is 0 Å². The van der Waals surface area contributed by atoms with Crippen LogP contribution in [0.2, 0.25) is 0 Å². The molecular weight excluding hydrogens is 230 g/mol. The van der Waals surface area contributed by atoms with Crippen LogP contribution in [0.25, 0.3) is 0 Å². The molecule has 0 aromatic heterocycles. The quantitative estimate of drug-likeness (QED) is 0.889. The average Bonchev–Trinajstić information content (AvgIpc) is 3.22. The van der Waals surface area contributed by atoms with Gasteiger partial charge in [-0.15, -0.1) is 0 Å². The average molecular weight is 247 g/mol. The van der Waals surface area contributed by atoms with Crippen molar-refractivity contribution in [3.63, 3.8) is 0 Å². The molecule has 1 aromatic rings. The molecule has 3 rings (SSSR count). The molecule has 1 unspecified atom stereocenters. The van der Waals surface area contributed by atoms with Gasteiger partial charge in [0.2, 0.25) is 5.91 Å². The molecule has 0 radical (unpaired) electrons. The van der Waals surface area contributed by atoms with Crippen molar-refractivity contribution in [2.75, 3.05) is 13.2 Å². The Labute approximate surface area is 106 Å². The minimum absolute atomic E-state index is 0.00827. The molecule has 1 aromatic carbocycles. The molecule has 1 fully saturated rings. The third-order valence-corrected chi connectivity index (χ3v) is 3.37. The highest BCUT2D eigenvalue weighted by molar-refractivity contribution is 5.81. The van der Waals surface area contributed by atoms with Crippen molar-refractivity contribution in [3.8, 4) is 11.5 Å². The summed E-state index contributed by atoms with van der Waals surface area (Å²) in [5.41, 5.74) is 1.05. The summed E-state index contributed by atoms with van der Waals surface area (Å²) in [5, 5.41) is 3.03. The monoisotopic (exact) mass is 247 g/mol. The Hall–Kier alpha value is -1.71. The number of ether oxygens (including phenoxy) is 2. The topological polar surface area (TPSA) is 47.6 Å². The summed E-state index contributed by atoms with van der Waals surface area (Å²) in [5.74, 6) is 1.96. The van der Waals surface area contributed by atoms with E-state index >= 15 is 0 Å². The molecule has 96 valence electrons. The fourth-order valence-corrected chi connectivity index (χ4v) is 2.09. The van der Waals surface area contributed by atoms with Gasteiger partial charge in [0, 0.05) is 5.92 Å². The number of fused-ring (bicyclic) bond motifs is 1. The van der Waals surface area contributed by atoms with Crippen molar-refractivity contribution >= 4 is 5.91 Å². The van der Waals surface area contributed by atoms with E-state index in [1.807, 2.05) is 25.1 Å². The number of carbonyl (C=O) groups is 1. The van der Waals surface area contributed by atoms with E-state index in [-0.39, 0.29) is 17.9 Å². The van der Waals surface area contributed by atoms with Gasteiger partial charge in [-0.1, -0.05) is 6.07 Å². The van der Waals surface area contributed by atoms with Gasteiger partial charge in [0.15, 0.2) is 11.5 Å². The molecule has 0 spiro atoms. The Kier molecular flexibility index (Phi) is 2.86. The summed E-state index contributed by atoms with van der Waals surface area (Å²) in [4.78, 5) is 11.7. The van der Waals surface area contributed by atoms with Crippen molar-refractivity contribution < 1.29 is 14.3 Å². The van der Waals surface area contributed by atoms with Gasteiger partial charge in [0.05, 0.1) is 6.04 Å². The van der Waals surface area contributed by atoms with E-state index in [9.17, 15) is 4.79 Å². The van der Waals surface area contributed by atoms with Gasteiger partial charge in [-0.3, -0.25) is 4.79 Å². The standard InChI is InChI=1S/C14H17NO3/c1-9(15-14(16)10-2-3-10)11-4-5-12-13(8-11)18-7-6-17-12/h4-5,8-10H,2-3,6-7H2,1H3,(H,15,16). The Balaban J connectivity index is 1.72. The second-order valence-corrected chi connectivity index (χ2v) is 4.91. The highest BCUT2D eigenvalue weighted by atomic mass is 16.6. The zero-order valence-corrected chi connectivity index (χ0v) is 10.4. The lowest BCUT2D eigenvalue weighted by Gasteiger charge is -2.21. The highest BCUT2D eigenvalue weighted by Crippen LogP contribution is 2.33. The summed E-state index contributed by atoms with van der Waals surface area (Å²) in [6.07, 6.45) is 2.05. The summed E-state index contributed by atoms with van der Waals surface area (Å²) in [6.45, 7) is 3.17. The maximum absolute atomic E-state index is 11.7. The number of benzene rings is 1. The fraction of sp³-hybridized carbons (Fsp3) is 0.500. The molecule has 4 heteroatoms. The Morgan fingerprint density at radius 1 is 1.28 bits per heavy atom. The Bertz CT molecular complexity index is 468. The molecule has 4 nitrogen and oxygen atoms in total. The second kappa shape index (κ2) is 4.52. The first-order chi connectivity index (χ1) is 8.74. The largest absolute Gasteiger partial charge is 0.486 e. The van der Waals surface area contributed by atoms with E-state index in [1.54, 1.807) is 0 Å². The molecule has 2 aliphatic rings. The SMILES string of the molecule is CC(NC(=O)C1CC1)c1ccc2c(c1)OCCO2. The normalized spacial score (nSPS) is 19.2. The molecule has 0 saturated heterocycles. The number of hydrogen-bond acceptors (Lipinski definition) is 3. The summed E-state index contributed by atoms with van der Waals surface area (Å²) in [6, 6.07) is 5.84. The first-order valence-corrected chi connectivity index (χ1v) is 6.44. The van der Waals surface area contributed by atoms with E-state index in [0.29, 0.717) is 13.2 Å². The number of nitrogens with one attached hydrogen (secondary N) is 1. The molecule has 1 N–H and O–H groups in total. The van der Waals surface area contributed by atoms with Gasteiger partial charge in [-0.05, 0) is 37.5 Å². The van der Waals surface area contributed by atoms with Crippen LogP contribution in [0.1, 0.15) is 31.4 Å². The lowest BCUT2D eigenvalue weighted by molar-refractivity contribution is -0.122. The van der Waals surface area contributed by atoms with Crippen molar-refractivity contribution in [2.45, 2.75) is 25.8 Å². The number of rotatable bonds is 3. The molecule has 1 amide bonds. The second-order valence-electron chi connectivity index (χ2n) is 4.91. The molecule has 1 aliphatic heterocycles. The predicted octanol–water partition coefficient (Wildman–Crippen LogP) is 2.04. The van der Waals surface area contributed by atoms with E-state index in [0.717, 1.165) is 29.9 Å². The lowest BCUT2D eigenvalue weighted by atomic mass is 10.1. The van der Waals surface area contributed by atoms with E-state index in [1.165, 1.54) is 0 Å². The van der Waals surface area contributed by atoms with Gasteiger partial charge >= 0.3 is 0 Å². The molecular formula is C14H17NO3. The van der Waals surface area contributed by atoms with Crippen molar-refractivity contribution in [1.82, 2.24) is 5.32 Å². The smallest absolute Gasteiger partial charge is 0.223 e. The first kappa shape index (κ1) is 11.4. The zero-order chi connectivity index (χ0) is 12.5. The number of hydrogen-bond donors (Lipinski definition) is 1. The van der Waals surface area contributed by atoms with Crippen molar-refractivity contribution in [2.24, 2.45) is 5.92 Å². The molecule has 1 atom stereocenters. The van der Waals surface area contributed by atoms with E-state index in [4.69, 9.17) is 9.47 Å². The predicted molar refractivity (Wildman–Crippen MR) is 66.7 cm³/mol. The van der Waals surface area contributed by atoms with Crippen LogP contribution in [0.15, 0.2) is 18.2 Å². The number of carbonyl (C=O) groups excluding carboxylic acids is 1. The third kappa shape index (κ3) is 2.28. The lowest BCUT2D eigenvalue weighted by Crippen LogP contribution is -2.28. The van der Waals surface area contributed by atoms with Crippen LogP contribution in [0.4, 0.5) is 0 Å². The minimum Gasteiger partial charge on any atom is -0.486 e. The van der Waals surface area contributed by atoms with E-state index in [2.05, 4.69) is 5.32 Å². The van der Waals surface area contributed by atoms with Crippen molar-refractivity contribution in [3.05, 3.63) is 23.8 Å². The maximum atomic E-state index is 11.7. The van der Waals surface area contributed by atoms with Gasteiger partial charge in [0.1, 0.15) is 13.2 Å². The summed E-state index contributed by atoms with van der Waals surface area (Å²) >= 11 is 0. The van der Waals surface area contributed by atoms with Crippen LogP contribution in [-0.4, -0.2) is 19.1 Å². The summed E-state index contributed by atoms with van der Waals surface area (Å²) in [7, 11) is 0. The van der Waals surface area contributed by atoms with Gasteiger partial charge in [-0.2, -0.15) is 0 Å². The molecule has 1 saturated carbocycles. The van der Waals surface area contributed by atoms with E-state index < -0.39 is 0 Å². The van der Waals surface area contributed by atoms with Crippen LogP contribution >= 0.6 is 0 Å². The number of amides is 1. The molecule has 0 bridgehead atoms.